The lowest BCUT2D eigenvalue weighted by Crippen LogP contribution is -2.01. The maximum absolute atomic E-state index is 11.4. The normalized spacial score (nSPS) is 16.8. The predicted molar refractivity (Wildman–Crippen MR) is 74.3 cm³/mol. The molecule has 2 N–H and O–H groups in total. The largest absolute Gasteiger partial charge is 0.490 e. The van der Waals surface area contributed by atoms with E-state index in [-0.39, 0.29) is 11.1 Å². The molecule has 92 valence electrons. The second kappa shape index (κ2) is 5.55. The summed E-state index contributed by atoms with van der Waals surface area (Å²) < 4.78 is 5.42. The number of carbonyl (C=O) groups excluding carboxylic acids is 1. The fourth-order valence-electron chi connectivity index (χ4n) is 1.43. The zero-order valence-corrected chi connectivity index (χ0v) is 10.4. The number of aliphatic imine (C=N–C) groups is 1. The summed E-state index contributed by atoms with van der Waals surface area (Å²) in [5, 5.41) is 0.283. The van der Waals surface area contributed by atoms with Crippen LogP contribution in [0.2, 0.25) is 0 Å². The highest BCUT2D eigenvalue weighted by atomic mass is 32.2. The fraction of sp³-hybridized carbons (Fsp3) is 0.0769. The Hall–Kier alpha value is -2.01. The van der Waals surface area contributed by atoms with Crippen LogP contribution in [0.25, 0.3) is 6.08 Å². The number of amidine groups is 1. The summed E-state index contributed by atoms with van der Waals surface area (Å²) in [7, 11) is 0. The van der Waals surface area contributed by atoms with Crippen LogP contribution in [0, 0.1) is 0 Å². The molecule has 0 saturated heterocycles. The van der Waals surface area contributed by atoms with Crippen molar-refractivity contribution in [3.8, 4) is 5.75 Å². The first-order chi connectivity index (χ1) is 8.69. The van der Waals surface area contributed by atoms with E-state index in [0.717, 1.165) is 11.3 Å². The average molecular weight is 260 g/mol. The Bertz CT molecular complexity index is 550. The minimum atomic E-state index is -0.296. The Morgan fingerprint density at radius 3 is 3.00 bits per heavy atom. The maximum Gasteiger partial charge on any atom is 0.286 e. The third-order valence-electron chi connectivity index (χ3n) is 2.16. The molecule has 1 aromatic carbocycles. The van der Waals surface area contributed by atoms with Crippen molar-refractivity contribution in [3.05, 3.63) is 47.4 Å². The van der Waals surface area contributed by atoms with Gasteiger partial charge in [0.25, 0.3) is 5.91 Å². The Labute approximate surface area is 109 Å². The van der Waals surface area contributed by atoms with Crippen LogP contribution in [0.3, 0.4) is 0 Å². The minimum Gasteiger partial charge on any atom is -0.490 e. The first-order valence-corrected chi connectivity index (χ1v) is 6.12. The third kappa shape index (κ3) is 3.01. The Morgan fingerprint density at radius 2 is 2.33 bits per heavy atom. The van der Waals surface area contributed by atoms with Crippen LogP contribution < -0.4 is 10.5 Å². The summed E-state index contributed by atoms with van der Waals surface area (Å²) in [6, 6.07) is 7.44. The molecule has 0 unspecified atom stereocenters. The zero-order valence-electron chi connectivity index (χ0n) is 9.63. The lowest BCUT2D eigenvalue weighted by molar-refractivity contribution is -0.113. The van der Waals surface area contributed by atoms with Gasteiger partial charge in [0.2, 0.25) is 0 Å². The van der Waals surface area contributed by atoms with Gasteiger partial charge < -0.3 is 10.5 Å². The maximum atomic E-state index is 11.4. The van der Waals surface area contributed by atoms with Crippen molar-refractivity contribution >= 4 is 28.9 Å². The number of thioether (sulfide) groups is 1. The number of amides is 1. The number of benzene rings is 1. The van der Waals surface area contributed by atoms with E-state index in [9.17, 15) is 4.79 Å². The minimum absolute atomic E-state index is 0.283. The summed E-state index contributed by atoms with van der Waals surface area (Å²) >= 11 is 1.17. The molecule has 4 nitrogen and oxygen atoms in total. The molecular formula is C13H12N2O2S. The lowest BCUT2D eigenvalue weighted by Gasteiger charge is -2.03. The molecule has 0 aromatic heterocycles. The van der Waals surface area contributed by atoms with Gasteiger partial charge in [-0.3, -0.25) is 4.79 Å². The molecule has 0 bridgehead atoms. The second-order valence-corrected chi connectivity index (χ2v) is 4.60. The smallest absolute Gasteiger partial charge is 0.286 e. The van der Waals surface area contributed by atoms with Crippen molar-refractivity contribution in [1.82, 2.24) is 0 Å². The summed E-state index contributed by atoms with van der Waals surface area (Å²) in [6.45, 7) is 4.03. The molecule has 18 heavy (non-hydrogen) atoms. The molecule has 1 aliphatic heterocycles. The molecule has 0 atom stereocenters. The SMILES string of the molecule is C=CCOc1cccc(/C=C2/SC(N)=NC2=O)c1. The molecule has 0 spiro atoms. The molecular weight excluding hydrogens is 248 g/mol. The van der Waals surface area contributed by atoms with Crippen LogP contribution in [0.5, 0.6) is 5.75 Å². The van der Waals surface area contributed by atoms with Crippen LogP contribution in [0.1, 0.15) is 5.56 Å². The number of hydrogen-bond donors (Lipinski definition) is 1. The van der Waals surface area contributed by atoms with Crippen molar-refractivity contribution < 1.29 is 9.53 Å². The standard InChI is InChI=1S/C13H12N2O2S/c1-2-6-17-10-5-3-4-9(7-10)8-11-12(16)15-13(14)18-11/h2-5,7-8H,1,6H2,(H2,14,15,16)/b11-8+. The van der Waals surface area contributed by atoms with Crippen LogP contribution >= 0.6 is 11.8 Å². The van der Waals surface area contributed by atoms with Gasteiger partial charge in [0.05, 0.1) is 4.91 Å². The van der Waals surface area contributed by atoms with E-state index in [1.165, 1.54) is 11.8 Å². The topological polar surface area (TPSA) is 64.7 Å². The molecule has 5 heteroatoms. The quantitative estimate of drug-likeness (QED) is 0.665. The summed E-state index contributed by atoms with van der Waals surface area (Å²) in [6.07, 6.45) is 3.42. The van der Waals surface area contributed by atoms with E-state index >= 15 is 0 Å². The Morgan fingerprint density at radius 1 is 1.50 bits per heavy atom. The first kappa shape index (κ1) is 12.4. The van der Waals surface area contributed by atoms with Gasteiger partial charge in [0, 0.05) is 0 Å². The van der Waals surface area contributed by atoms with Gasteiger partial charge in [-0.15, -0.1) is 0 Å². The number of carbonyl (C=O) groups is 1. The predicted octanol–water partition coefficient (Wildman–Crippen LogP) is 2.18. The van der Waals surface area contributed by atoms with Gasteiger partial charge in [-0.1, -0.05) is 24.8 Å². The van der Waals surface area contributed by atoms with Crippen molar-refractivity contribution in [2.45, 2.75) is 0 Å². The number of nitrogens with zero attached hydrogens (tertiary/aromatic N) is 1. The highest BCUT2D eigenvalue weighted by Crippen LogP contribution is 2.27. The van der Waals surface area contributed by atoms with E-state index in [1.54, 1.807) is 12.2 Å². The van der Waals surface area contributed by atoms with Crippen molar-refractivity contribution in [2.24, 2.45) is 10.7 Å². The van der Waals surface area contributed by atoms with Gasteiger partial charge in [-0.05, 0) is 35.5 Å². The fourth-order valence-corrected chi connectivity index (χ4v) is 2.11. The molecule has 0 radical (unpaired) electrons. The molecule has 0 fully saturated rings. The van der Waals surface area contributed by atoms with Gasteiger partial charge >= 0.3 is 0 Å². The number of hydrogen-bond acceptors (Lipinski definition) is 4. The van der Waals surface area contributed by atoms with Crippen LogP contribution in [0.15, 0.2) is 46.8 Å². The molecule has 2 rings (SSSR count). The second-order valence-electron chi connectivity index (χ2n) is 3.54. The van der Waals surface area contributed by atoms with E-state index in [1.807, 2.05) is 24.3 Å². The van der Waals surface area contributed by atoms with E-state index < -0.39 is 0 Å². The highest BCUT2D eigenvalue weighted by molar-refractivity contribution is 8.18. The first-order valence-electron chi connectivity index (χ1n) is 5.31. The molecule has 1 aliphatic rings. The van der Waals surface area contributed by atoms with E-state index in [2.05, 4.69) is 11.6 Å². The number of rotatable bonds is 4. The molecule has 0 saturated carbocycles. The van der Waals surface area contributed by atoms with Crippen molar-refractivity contribution in [3.63, 3.8) is 0 Å². The Kier molecular flexibility index (Phi) is 3.84. The zero-order chi connectivity index (χ0) is 13.0. The average Bonchev–Trinajstić information content (AvgIpc) is 2.66. The molecule has 1 heterocycles. The number of nitrogens with two attached hydrogens (primary N) is 1. The number of ether oxygens (including phenoxy) is 1. The van der Waals surface area contributed by atoms with Crippen LogP contribution in [-0.2, 0) is 4.79 Å². The summed E-state index contributed by atoms with van der Waals surface area (Å²) in [5.74, 6) is 0.434. The lowest BCUT2D eigenvalue weighted by atomic mass is 10.2. The van der Waals surface area contributed by atoms with Crippen LogP contribution in [-0.4, -0.2) is 17.7 Å². The van der Waals surface area contributed by atoms with Crippen molar-refractivity contribution in [1.29, 1.82) is 0 Å². The molecule has 0 aliphatic carbocycles. The Balaban J connectivity index is 2.17. The van der Waals surface area contributed by atoms with Gasteiger partial charge in [0.1, 0.15) is 12.4 Å². The van der Waals surface area contributed by atoms with E-state index in [4.69, 9.17) is 10.5 Å². The van der Waals surface area contributed by atoms with Gasteiger partial charge in [-0.25, -0.2) is 0 Å². The summed E-state index contributed by atoms with van der Waals surface area (Å²) in [5.41, 5.74) is 6.35. The van der Waals surface area contributed by atoms with Gasteiger partial charge in [0.15, 0.2) is 5.17 Å². The molecule has 1 amide bonds. The van der Waals surface area contributed by atoms with Crippen molar-refractivity contribution in [2.75, 3.05) is 6.61 Å². The van der Waals surface area contributed by atoms with Gasteiger partial charge in [-0.2, -0.15) is 4.99 Å². The van der Waals surface area contributed by atoms with Crippen LogP contribution in [0.4, 0.5) is 0 Å². The monoisotopic (exact) mass is 260 g/mol. The third-order valence-corrected chi connectivity index (χ3v) is 2.97. The van der Waals surface area contributed by atoms with E-state index in [0.29, 0.717) is 11.5 Å². The highest BCUT2D eigenvalue weighted by Gasteiger charge is 2.19. The molecule has 1 aromatic rings. The summed E-state index contributed by atoms with van der Waals surface area (Å²) in [4.78, 5) is 15.6.